The first-order valence-corrected chi connectivity index (χ1v) is 12.0. The Morgan fingerprint density at radius 3 is 2.35 bits per heavy atom. The van der Waals surface area contributed by atoms with Gasteiger partial charge in [0.1, 0.15) is 22.5 Å². The van der Waals surface area contributed by atoms with Gasteiger partial charge in [-0.05, 0) is 52.2 Å². The van der Waals surface area contributed by atoms with E-state index in [-0.39, 0.29) is 12.1 Å². The van der Waals surface area contributed by atoms with Crippen molar-refractivity contribution in [3.05, 3.63) is 30.1 Å². The molecular weight excluding hydrogens is 434 g/mol. The number of aromatic nitrogens is 2. The van der Waals surface area contributed by atoms with Gasteiger partial charge in [-0.15, -0.1) is 0 Å². The summed E-state index contributed by atoms with van der Waals surface area (Å²) in [4.78, 5) is 30.1. The molecule has 1 aromatic carbocycles. The molecule has 0 bridgehead atoms. The Labute approximate surface area is 201 Å². The second kappa shape index (κ2) is 13.5. The van der Waals surface area contributed by atoms with E-state index in [1.165, 1.54) is 32.1 Å². The molecule has 34 heavy (non-hydrogen) atoms. The summed E-state index contributed by atoms with van der Waals surface area (Å²) in [5.74, 6) is 1.96. The molecule has 1 aliphatic rings. The summed E-state index contributed by atoms with van der Waals surface area (Å²) in [5.41, 5.74) is 2.43. The molecule has 1 saturated heterocycles. The maximum Gasteiger partial charge on any atom is 0.293 e. The van der Waals surface area contributed by atoms with Crippen molar-refractivity contribution in [3.63, 3.8) is 0 Å². The van der Waals surface area contributed by atoms with Gasteiger partial charge in [-0.25, -0.2) is 9.97 Å². The number of carboxylic acid groups (broad SMARTS) is 1. The number of carbonyl (C=O) groups excluding carboxylic acids is 1. The lowest BCUT2D eigenvalue weighted by Crippen LogP contribution is -2.20. The van der Waals surface area contributed by atoms with Crippen LogP contribution >= 0.6 is 0 Å². The number of fused-ring (bicyclic) bond motifs is 3. The Balaban J connectivity index is 0.000000348. The molecule has 2 aromatic heterocycles. The molecule has 8 heteroatoms. The fourth-order valence-electron chi connectivity index (χ4n) is 3.73. The lowest BCUT2D eigenvalue weighted by atomic mass is 10.1. The van der Waals surface area contributed by atoms with Gasteiger partial charge in [-0.1, -0.05) is 38.3 Å². The summed E-state index contributed by atoms with van der Waals surface area (Å²) >= 11 is 0. The lowest BCUT2D eigenvalue weighted by molar-refractivity contribution is -0.138. The van der Waals surface area contributed by atoms with Crippen LogP contribution in [0.2, 0.25) is 0 Å². The summed E-state index contributed by atoms with van der Waals surface area (Å²) < 4.78 is 10.7. The van der Waals surface area contributed by atoms with Crippen LogP contribution in [0, 0.1) is 0 Å². The summed E-state index contributed by atoms with van der Waals surface area (Å²) in [5, 5.41) is 7.99. The topological polar surface area (TPSA) is 106 Å². The third-order valence-electron chi connectivity index (χ3n) is 5.31. The predicted octanol–water partition coefficient (Wildman–Crippen LogP) is 5.76. The smallest absolute Gasteiger partial charge is 0.293 e. The van der Waals surface area contributed by atoms with Crippen molar-refractivity contribution in [3.8, 4) is 0 Å². The highest BCUT2D eigenvalue weighted by atomic mass is 16.5. The van der Waals surface area contributed by atoms with Crippen LogP contribution in [-0.2, 0) is 20.7 Å². The third-order valence-corrected chi connectivity index (χ3v) is 5.31. The van der Waals surface area contributed by atoms with Gasteiger partial charge < -0.3 is 19.2 Å². The van der Waals surface area contributed by atoms with Crippen LogP contribution in [0.3, 0.4) is 0 Å². The largest absolute Gasteiger partial charge is 0.483 e. The number of ether oxygens (including phenoxy) is 1. The molecule has 0 atom stereocenters. The molecule has 0 spiro atoms. The van der Waals surface area contributed by atoms with Crippen LogP contribution in [-0.4, -0.2) is 46.7 Å². The number of carbonyl (C=O) groups is 2. The average molecular weight is 472 g/mol. The van der Waals surface area contributed by atoms with Crippen LogP contribution in [0.5, 0.6) is 0 Å². The van der Waals surface area contributed by atoms with Crippen molar-refractivity contribution in [1.29, 1.82) is 0 Å². The molecule has 3 aromatic rings. The van der Waals surface area contributed by atoms with Crippen molar-refractivity contribution < 1.29 is 23.8 Å². The molecule has 0 aliphatic carbocycles. The van der Waals surface area contributed by atoms with Crippen LogP contribution in [0.15, 0.2) is 28.7 Å². The third kappa shape index (κ3) is 8.01. The van der Waals surface area contributed by atoms with E-state index in [0.717, 1.165) is 59.6 Å². The van der Waals surface area contributed by atoms with Crippen LogP contribution in [0.4, 0.5) is 5.82 Å². The second-order valence-corrected chi connectivity index (χ2v) is 9.18. The Kier molecular flexibility index (Phi) is 10.8. The van der Waals surface area contributed by atoms with E-state index in [9.17, 15) is 4.79 Å². The van der Waals surface area contributed by atoms with Gasteiger partial charge in [0.05, 0.1) is 0 Å². The van der Waals surface area contributed by atoms with Gasteiger partial charge in [0, 0.05) is 24.9 Å². The Morgan fingerprint density at radius 2 is 1.76 bits per heavy atom. The molecule has 1 aliphatic heterocycles. The lowest BCUT2D eigenvalue weighted by Gasteiger charge is -2.17. The van der Waals surface area contributed by atoms with Gasteiger partial charge in [0.15, 0.2) is 11.4 Å². The first-order valence-electron chi connectivity index (χ1n) is 12.0. The standard InChI is InChI=1S/C20H25N3O.C5H10O2.CH2O2/c1-2-3-4-5-12-17-21-18-15-10-6-7-11-16(15)24-19(18)20(22-17)23-13-8-9-14-23;1-5(2,3)7-4-6;2-1-3/h6-7,10-11H,2-5,8-9,12-14H2,1H3;4H,1-3H3;1H,(H,2,3). The van der Waals surface area contributed by atoms with Crippen molar-refractivity contribution in [1.82, 2.24) is 9.97 Å². The van der Waals surface area contributed by atoms with E-state index in [4.69, 9.17) is 24.3 Å². The van der Waals surface area contributed by atoms with Gasteiger partial charge in [0.25, 0.3) is 12.9 Å². The Hall–Kier alpha value is -3.16. The quantitative estimate of drug-likeness (QED) is 0.342. The van der Waals surface area contributed by atoms with Gasteiger partial charge in [-0.2, -0.15) is 0 Å². The van der Waals surface area contributed by atoms with E-state index in [1.54, 1.807) is 0 Å². The molecule has 0 radical (unpaired) electrons. The minimum atomic E-state index is -0.318. The minimum Gasteiger partial charge on any atom is -0.483 e. The van der Waals surface area contributed by atoms with E-state index in [1.807, 2.05) is 32.9 Å². The van der Waals surface area contributed by atoms with Crippen molar-refractivity contribution in [2.24, 2.45) is 0 Å². The number of para-hydroxylation sites is 1. The molecule has 0 amide bonds. The molecule has 0 saturated carbocycles. The fraction of sp³-hybridized carbons (Fsp3) is 0.538. The highest BCUT2D eigenvalue weighted by Crippen LogP contribution is 2.34. The molecule has 186 valence electrons. The molecule has 1 N–H and O–H groups in total. The minimum absolute atomic E-state index is 0.250. The summed E-state index contributed by atoms with van der Waals surface area (Å²) in [6, 6.07) is 8.18. The van der Waals surface area contributed by atoms with Crippen LogP contribution in [0.1, 0.15) is 72.0 Å². The fourth-order valence-corrected chi connectivity index (χ4v) is 3.73. The summed E-state index contributed by atoms with van der Waals surface area (Å²) in [6.07, 6.45) is 8.38. The number of aryl methyl sites for hydroxylation is 1. The molecule has 0 unspecified atom stereocenters. The molecular formula is C26H37N3O5. The maximum atomic E-state index is 9.60. The number of nitrogens with zero attached hydrogens (tertiary/aromatic N) is 3. The first-order chi connectivity index (χ1) is 16.3. The summed E-state index contributed by atoms with van der Waals surface area (Å²) in [7, 11) is 0. The number of hydrogen-bond donors (Lipinski definition) is 1. The predicted molar refractivity (Wildman–Crippen MR) is 134 cm³/mol. The molecule has 4 rings (SSSR count). The van der Waals surface area contributed by atoms with Crippen LogP contribution in [0.25, 0.3) is 22.1 Å². The Morgan fingerprint density at radius 1 is 1.09 bits per heavy atom. The number of anilines is 1. The SMILES string of the molecule is CC(C)(C)OC=O.CCCCCCc1nc(N2CCCC2)c2oc3ccccc3c2n1.O=CO. The number of unbranched alkanes of at least 4 members (excludes halogenated alkanes) is 3. The molecule has 1 fully saturated rings. The van der Waals surface area contributed by atoms with Crippen molar-refractivity contribution >= 4 is 40.8 Å². The molecule has 8 nitrogen and oxygen atoms in total. The van der Waals surface area contributed by atoms with E-state index >= 15 is 0 Å². The summed E-state index contributed by atoms with van der Waals surface area (Å²) in [6.45, 7) is 10.0. The first kappa shape index (κ1) is 27.1. The van der Waals surface area contributed by atoms with Crippen LogP contribution < -0.4 is 4.90 Å². The van der Waals surface area contributed by atoms with E-state index in [0.29, 0.717) is 6.47 Å². The van der Waals surface area contributed by atoms with Gasteiger partial charge in [0.2, 0.25) is 0 Å². The normalized spacial score (nSPS) is 13.1. The number of furan rings is 1. The zero-order chi connectivity index (χ0) is 25.0. The van der Waals surface area contributed by atoms with Gasteiger partial charge >= 0.3 is 0 Å². The average Bonchev–Trinajstić information content (AvgIpc) is 3.45. The number of benzene rings is 1. The zero-order valence-corrected chi connectivity index (χ0v) is 20.7. The van der Waals surface area contributed by atoms with Crippen molar-refractivity contribution in [2.75, 3.05) is 18.0 Å². The monoisotopic (exact) mass is 471 g/mol. The second-order valence-electron chi connectivity index (χ2n) is 9.18. The highest BCUT2D eigenvalue weighted by molar-refractivity contribution is 6.05. The van der Waals surface area contributed by atoms with E-state index in [2.05, 4.69) is 28.7 Å². The number of hydrogen-bond acceptors (Lipinski definition) is 7. The number of rotatable bonds is 7. The highest BCUT2D eigenvalue weighted by Gasteiger charge is 2.22. The van der Waals surface area contributed by atoms with Gasteiger partial charge in [-0.3, -0.25) is 9.59 Å². The van der Waals surface area contributed by atoms with Crippen molar-refractivity contribution in [2.45, 2.75) is 78.2 Å². The zero-order valence-electron chi connectivity index (χ0n) is 20.7. The Bertz CT molecular complexity index is 1040. The molecule has 3 heterocycles. The maximum absolute atomic E-state index is 9.60. The van der Waals surface area contributed by atoms with E-state index < -0.39 is 0 Å².